The molecule has 23 heavy (non-hydrogen) atoms. The summed E-state index contributed by atoms with van der Waals surface area (Å²) in [6.07, 6.45) is 0.785. The molecule has 2 aromatic carbocycles. The first-order chi connectivity index (χ1) is 11.2. The Balaban J connectivity index is 1.71. The summed E-state index contributed by atoms with van der Waals surface area (Å²) < 4.78 is 10.8. The fraction of sp³-hybridized carbons (Fsp3) is 0.278. The number of aliphatic imine (C=N–C) groups is 1. The van der Waals surface area contributed by atoms with Gasteiger partial charge in [0.15, 0.2) is 5.96 Å². The summed E-state index contributed by atoms with van der Waals surface area (Å²) >= 11 is 0. The number of benzene rings is 2. The maximum absolute atomic E-state index is 5.87. The molecule has 0 heterocycles. The summed E-state index contributed by atoms with van der Waals surface area (Å²) in [6, 6.07) is 15.5. The second kappa shape index (κ2) is 8.68. The molecule has 0 radical (unpaired) electrons. The number of anilines is 1. The van der Waals surface area contributed by atoms with Crippen LogP contribution >= 0.6 is 0 Å². The molecule has 0 spiro atoms. The number of hydrogen-bond acceptors (Lipinski definition) is 3. The van der Waals surface area contributed by atoms with Crippen molar-refractivity contribution < 1.29 is 9.47 Å². The van der Waals surface area contributed by atoms with Gasteiger partial charge in [0.2, 0.25) is 0 Å². The van der Waals surface area contributed by atoms with E-state index in [0.717, 1.165) is 23.6 Å². The molecule has 122 valence electrons. The highest BCUT2D eigenvalue weighted by atomic mass is 16.5. The van der Waals surface area contributed by atoms with Crippen molar-refractivity contribution in [3.63, 3.8) is 0 Å². The predicted octanol–water partition coefficient (Wildman–Crippen LogP) is 3.20. The number of nitrogens with one attached hydrogen (secondary N) is 1. The van der Waals surface area contributed by atoms with Crippen LogP contribution in [0.3, 0.4) is 0 Å². The Bertz CT molecular complexity index is 656. The molecular weight excluding hydrogens is 290 g/mol. The lowest BCUT2D eigenvalue weighted by molar-refractivity contribution is 0.311. The second-order valence-electron chi connectivity index (χ2n) is 5.14. The van der Waals surface area contributed by atoms with Crippen molar-refractivity contribution in [2.75, 3.05) is 25.6 Å². The molecule has 5 heteroatoms. The van der Waals surface area contributed by atoms with Crippen LogP contribution in [0.4, 0.5) is 5.69 Å². The third-order valence-electron chi connectivity index (χ3n) is 3.19. The minimum atomic E-state index is 0.414. The molecule has 0 aliphatic heterocycles. The van der Waals surface area contributed by atoms with Gasteiger partial charge in [-0.15, -0.1) is 0 Å². The van der Waals surface area contributed by atoms with E-state index < -0.39 is 0 Å². The number of aryl methyl sites for hydroxylation is 1. The van der Waals surface area contributed by atoms with Gasteiger partial charge in [-0.3, -0.25) is 4.99 Å². The molecule has 2 aromatic rings. The van der Waals surface area contributed by atoms with Gasteiger partial charge < -0.3 is 20.5 Å². The quantitative estimate of drug-likeness (QED) is 0.468. The van der Waals surface area contributed by atoms with Gasteiger partial charge in [0.05, 0.1) is 13.7 Å². The number of ether oxygens (including phenoxy) is 2. The van der Waals surface area contributed by atoms with E-state index in [1.54, 1.807) is 7.11 Å². The number of nitrogens with zero attached hydrogens (tertiary/aromatic N) is 1. The van der Waals surface area contributed by atoms with Crippen molar-refractivity contribution in [2.45, 2.75) is 13.3 Å². The van der Waals surface area contributed by atoms with Gasteiger partial charge in [-0.2, -0.15) is 0 Å². The van der Waals surface area contributed by atoms with E-state index in [4.69, 9.17) is 15.2 Å². The van der Waals surface area contributed by atoms with Gasteiger partial charge in [-0.05, 0) is 36.8 Å². The Hall–Kier alpha value is -2.69. The van der Waals surface area contributed by atoms with Crippen LogP contribution in [0, 0.1) is 6.92 Å². The molecule has 5 nitrogen and oxygen atoms in total. The summed E-state index contributed by atoms with van der Waals surface area (Å²) in [4.78, 5) is 4.29. The maximum atomic E-state index is 5.87. The Morgan fingerprint density at radius 3 is 2.70 bits per heavy atom. The lowest BCUT2D eigenvalue weighted by Crippen LogP contribution is -2.23. The molecule has 2 rings (SSSR count). The molecule has 0 aliphatic carbocycles. The van der Waals surface area contributed by atoms with E-state index in [2.05, 4.69) is 10.3 Å². The van der Waals surface area contributed by atoms with Crippen LogP contribution in [-0.4, -0.2) is 26.2 Å². The normalized spacial score (nSPS) is 11.1. The smallest absolute Gasteiger partial charge is 0.193 e. The Kier molecular flexibility index (Phi) is 6.29. The highest BCUT2D eigenvalue weighted by molar-refractivity contribution is 5.92. The molecule has 0 fully saturated rings. The number of methoxy groups -OCH3 is 1. The lowest BCUT2D eigenvalue weighted by Gasteiger charge is -2.08. The van der Waals surface area contributed by atoms with Crippen molar-refractivity contribution in [1.82, 2.24) is 0 Å². The topological polar surface area (TPSA) is 68.9 Å². The van der Waals surface area contributed by atoms with Gasteiger partial charge in [0, 0.05) is 24.7 Å². The van der Waals surface area contributed by atoms with Crippen LogP contribution in [0.1, 0.15) is 12.0 Å². The van der Waals surface area contributed by atoms with E-state index in [1.165, 1.54) is 5.56 Å². The minimum absolute atomic E-state index is 0.414. The highest BCUT2D eigenvalue weighted by Gasteiger charge is 1.97. The minimum Gasteiger partial charge on any atom is -0.497 e. The van der Waals surface area contributed by atoms with Crippen LogP contribution in [0.5, 0.6) is 11.5 Å². The second-order valence-corrected chi connectivity index (χ2v) is 5.14. The predicted molar refractivity (Wildman–Crippen MR) is 94.4 cm³/mol. The van der Waals surface area contributed by atoms with E-state index in [0.29, 0.717) is 19.1 Å². The summed E-state index contributed by atoms with van der Waals surface area (Å²) in [6.45, 7) is 3.22. The summed E-state index contributed by atoms with van der Waals surface area (Å²) in [5.74, 6) is 1.99. The molecule has 0 bridgehead atoms. The monoisotopic (exact) mass is 313 g/mol. The van der Waals surface area contributed by atoms with Crippen molar-refractivity contribution in [2.24, 2.45) is 10.7 Å². The third kappa shape index (κ3) is 5.90. The van der Waals surface area contributed by atoms with E-state index >= 15 is 0 Å². The summed E-state index contributed by atoms with van der Waals surface area (Å²) in [5.41, 5.74) is 7.99. The molecule has 0 amide bonds. The van der Waals surface area contributed by atoms with E-state index in [1.807, 2.05) is 55.5 Å². The zero-order valence-corrected chi connectivity index (χ0v) is 13.6. The molecular formula is C18H23N3O2. The van der Waals surface area contributed by atoms with Crippen molar-refractivity contribution in [3.05, 3.63) is 54.1 Å². The Morgan fingerprint density at radius 2 is 1.91 bits per heavy atom. The summed E-state index contributed by atoms with van der Waals surface area (Å²) in [5, 5.41) is 3.08. The Labute approximate surface area is 137 Å². The highest BCUT2D eigenvalue weighted by Crippen LogP contribution is 2.18. The number of nitrogens with two attached hydrogens (primary N) is 1. The third-order valence-corrected chi connectivity index (χ3v) is 3.19. The standard InChI is InChI=1S/C18H23N3O2/c1-14-6-3-7-15(12-14)21-18(19)20-10-5-11-23-17-9-4-8-16(13-17)22-2/h3-4,6-9,12-13H,5,10-11H2,1-2H3,(H3,19,20,21). The van der Waals surface area contributed by atoms with Gasteiger partial charge in [0.25, 0.3) is 0 Å². The van der Waals surface area contributed by atoms with E-state index in [-0.39, 0.29) is 0 Å². The average molecular weight is 313 g/mol. The first-order valence-electron chi connectivity index (χ1n) is 7.58. The molecule has 0 aromatic heterocycles. The molecule has 0 saturated carbocycles. The fourth-order valence-electron chi connectivity index (χ4n) is 2.06. The van der Waals surface area contributed by atoms with Crippen molar-refractivity contribution in [3.8, 4) is 11.5 Å². The molecule has 0 atom stereocenters. The fourth-order valence-corrected chi connectivity index (χ4v) is 2.06. The van der Waals surface area contributed by atoms with Gasteiger partial charge in [-0.1, -0.05) is 18.2 Å². The van der Waals surface area contributed by atoms with Crippen LogP contribution < -0.4 is 20.5 Å². The number of hydrogen-bond donors (Lipinski definition) is 2. The summed E-state index contributed by atoms with van der Waals surface area (Å²) in [7, 11) is 1.64. The first-order valence-corrected chi connectivity index (χ1v) is 7.58. The van der Waals surface area contributed by atoms with Crippen LogP contribution in [0.2, 0.25) is 0 Å². The zero-order chi connectivity index (χ0) is 16.5. The molecule has 0 unspecified atom stereocenters. The van der Waals surface area contributed by atoms with E-state index in [9.17, 15) is 0 Å². The average Bonchev–Trinajstić information content (AvgIpc) is 2.55. The SMILES string of the molecule is COc1cccc(OCCCN=C(N)Nc2cccc(C)c2)c1. The van der Waals surface area contributed by atoms with Gasteiger partial charge >= 0.3 is 0 Å². The zero-order valence-electron chi connectivity index (χ0n) is 13.6. The number of rotatable bonds is 7. The van der Waals surface area contributed by atoms with Crippen LogP contribution in [0.15, 0.2) is 53.5 Å². The maximum Gasteiger partial charge on any atom is 0.193 e. The largest absolute Gasteiger partial charge is 0.497 e. The number of guanidine groups is 1. The molecule has 0 saturated heterocycles. The van der Waals surface area contributed by atoms with Gasteiger partial charge in [0.1, 0.15) is 11.5 Å². The van der Waals surface area contributed by atoms with Crippen molar-refractivity contribution >= 4 is 11.6 Å². The van der Waals surface area contributed by atoms with Gasteiger partial charge in [-0.25, -0.2) is 0 Å². The Morgan fingerprint density at radius 1 is 1.13 bits per heavy atom. The van der Waals surface area contributed by atoms with Crippen LogP contribution in [-0.2, 0) is 0 Å². The molecule has 3 N–H and O–H groups in total. The van der Waals surface area contributed by atoms with Crippen molar-refractivity contribution in [1.29, 1.82) is 0 Å². The molecule has 0 aliphatic rings. The first kappa shape index (κ1) is 16.7. The lowest BCUT2D eigenvalue weighted by atomic mass is 10.2. The van der Waals surface area contributed by atoms with Crippen LogP contribution in [0.25, 0.3) is 0 Å².